The Balaban J connectivity index is 1.56. The van der Waals surface area contributed by atoms with Gasteiger partial charge in [-0.05, 0) is 55.5 Å². The second kappa shape index (κ2) is 9.25. The number of rotatable bonds is 8. The van der Waals surface area contributed by atoms with E-state index in [2.05, 4.69) is 10.0 Å². The Kier molecular flexibility index (Phi) is 6.51. The average Bonchev–Trinajstić information content (AvgIpc) is 2.74. The van der Waals surface area contributed by atoms with Crippen molar-refractivity contribution in [2.75, 3.05) is 11.3 Å². The number of benzene rings is 3. The molecule has 0 aliphatic carbocycles. The van der Waals surface area contributed by atoms with Gasteiger partial charge in [-0.2, -0.15) is 0 Å². The predicted molar refractivity (Wildman–Crippen MR) is 113 cm³/mol. The Bertz CT molecular complexity index is 1040. The number of sulfonamides is 1. The fraction of sp³-hybridized carbons (Fsp3) is 0.136. The van der Waals surface area contributed by atoms with Crippen LogP contribution in [-0.2, 0) is 10.0 Å². The lowest BCUT2D eigenvalue weighted by Gasteiger charge is -2.15. The highest BCUT2D eigenvalue weighted by Crippen LogP contribution is 2.16. The van der Waals surface area contributed by atoms with Crippen LogP contribution < -0.4 is 14.8 Å². The number of carbonyl (C=O) groups is 1. The van der Waals surface area contributed by atoms with Gasteiger partial charge in [0.15, 0.2) is 0 Å². The SMILES string of the molecule is C[C@@H](COc1ccccc1)NC(=O)c1ccc(NS(=O)(=O)c2ccccc2)cc1. The molecular formula is C22H22N2O4S. The van der Waals surface area contributed by atoms with Crippen molar-refractivity contribution < 1.29 is 17.9 Å². The molecule has 3 rings (SSSR count). The molecule has 0 radical (unpaired) electrons. The summed E-state index contributed by atoms with van der Waals surface area (Å²) in [7, 11) is -3.67. The maximum atomic E-state index is 12.4. The largest absolute Gasteiger partial charge is 0.491 e. The first kappa shape index (κ1) is 20.4. The van der Waals surface area contributed by atoms with E-state index in [1.807, 2.05) is 37.3 Å². The maximum Gasteiger partial charge on any atom is 0.261 e. The molecule has 0 aliphatic rings. The molecule has 1 amide bonds. The van der Waals surface area contributed by atoms with Crippen LogP contribution in [-0.4, -0.2) is 27.0 Å². The lowest BCUT2D eigenvalue weighted by atomic mass is 10.2. The van der Waals surface area contributed by atoms with Crippen LogP contribution in [0, 0.1) is 0 Å². The fourth-order valence-electron chi connectivity index (χ4n) is 2.59. The summed E-state index contributed by atoms with van der Waals surface area (Å²) >= 11 is 0. The molecule has 0 saturated heterocycles. The van der Waals surface area contributed by atoms with E-state index in [-0.39, 0.29) is 16.8 Å². The topological polar surface area (TPSA) is 84.5 Å². The Morgan fingerprint density at radius 2 is 1.48 bits per heavy atom. The van der Waals surface area contributed by atoms with Crippen LogP contribution >= 0.6 is 0 Å². The van der Waals surface area contributed by atoms with Gasteiger partial charge < -0.3 is 10.1 Å². The molecular weight excluding hydrogens is 388 g/mol. The molecule has 3 aromatic carbocycles. The molecule has 1 atom stereocenters. The van der Waals surface area contributed by atoms with Crippen LogP contribution in [0.2, 0.25) is 0 Å². The number of carbonyl (C=O) groups excluding carboxylic acids is 1. The van der Waals surface area contributed by atoms with E-state index in [9.17, 15) is 13.2 Å². The zero-order chi connectivity index (χ0) is 20.7. The minimum Gasteiger partial charge on any atom is -0.491 e. The normalized spacial score (nSPS) is 12.0. The van der Waals surface area contributed by atoms with Crippen molar-refractivity contribution in [3.8, 4) is 5.75 Å². The number of anilines is 1. The van der Waals surface area contributed by atoms with Crippen LogP contribution in [0.3, 0.4) is 0 Å². The second-order valence-corrected chi connectivity index (χ2v) is 8.18. The summed E-state index contributed by atoms with van der Waals surface area (Å²) in [6, 6.07) is 23.5. The molecule has 2 N–H and O–H groups in total. The monoisotopic (exact) mass is 410 g/mol. The smallest absolute Gasteiger partial charge is 0.261 e. The first-order chi connectivity index (χ1) is 13.9. The fourth-order valence-corrected chi connectivity index (χ4v) is 3.67. The molecule has 0 aromatic heterocycles. The summed E-state index contributed by atoms with van der Waals surface area (Å²) in [5.74, 6) is 0.482. The molecule has 0 heterocycles. The maximum absolute atomic E-state index is 12.4. The van der Waals surface area contributed by atoms with Gasteiger partial charge in [0.05, 0.1) is 10.9 Å². The van der Waals surface area contributed by atoms with Crippen LogP contribution in [0.1, 0.15) is 17.3 Å². The van der Waals surface area contributed by atoms with Gasteiger partial charge in [0.1, 0.15) is 12.4 Å². The Morgan fingerprint density at radius 3 is 2.10 bits per heavy atom. The van der Waals surface area contributed by atoms with Gasteiger partial charge in [-0.1, -0.05) is 36.4 Å². The molecule has 29 heavy (non-hydrogen) atoms. The van der Waals surface area contributed by atoms with E-state index >= 15 is 0 Å². The quantitative estimate of drug-likeness (QED) is 0.593. The third-order valence-electron chi connectivity index (χ3n) is 4.07. The minimum absolute atomic E-state index is 0.175. The third-order valence-corrected chi connectivity index (χ3v) is 5.47. The average molecular weight is 410 g/mol. The Labute approximate surface area is 170 Å². The molecule has 7 heteroatoms. The molecule has 0 aliphatic heterocycles. The first-order valence-corrected chi connectivity index (χ1v) is 10.6. The predicted octanol–water partition coefficient (Wildman–Crippen LogP) is 3.68. The first-order valence-electron chi connectivity index (χ1n) is 9.11. The van der Waals surface area contributed by atoms with E-state index in [0.717, 1.165) is 5.75 Å². The summed E-state index contributed by atoms with van der Waals surface area (Å²) in [5.41, 5.74) is 0.810. The Morgan fingerprint density at radius 1 is 0.897 bits per heavy atom. The highest BCUT2D eigenvalue weighted by Gasteiger charge is 2.14. The van der Waals surface area contributed by atoms with Crippen molar-refractivity contribution in [1.29, 1.82) is 0 Å². The Hall–Kier alpha value is -3.32. The number of hydrogen-bond acceptors (Lipinski definition) is 4. The highest BCUT2D eigenvalue weighted by molar-refractivity contribution is 7.92. The van der Waals surface area contributed by atoms with Crippen molar-refractivity contribution in [2.45, 2.75) is 17.9 Å². The van der Waals surface area contributed by atoms with Gasteiger partial charge in [-0.15, -0.1) is 0 Å². The molecule has 3 aromatic rings. The lowest BCUT2D eigenvalue weighted by Crippen LogP contribution is -2.36. The molecule has 0 spiro atoms. The molecule has 150 valence electrons. The van der Waals surface area contributed by atoms with E-state index < -0.39 is 10.0 Å². The van der Waals surface area contributed by atoms with Crippen molar-refractivity contribution in [3.05, 3.63) is 90.5 Å². The van der Waals surface area contributed by atoms with Gasteiger partial charge in [0.25, 0.3) is 15.9 Å². The zero-order valence-corrected chi connectivity index (χ0v) is 16.7. The molecule has 0 fully saturated rings. The summed E-state index contributed by atoms with van der Waals surface area (Å²) in [6.45, 7) is 2.19. The van der Waals surface area contributed by atoms with Crippen molar-refractivity contribution in [1.82, 2.24) is 5.32 Å². The minimum atomic E-state index is -3.67. The summed E-state index contributed by atoms with van der Waals surface area (Å²) in [5, 5.41) is 2.86. The highest BCUT2D eigenvalue weighted by atomic mass is 32.2. The van der Waals surface area contributed by atoms with Gasteiger partial charge in [0.2, 0.25) is 0 Å². The standard InChI is InChI=1S/C22H22N2O4S/c1-17(16-28-20-8-4-2-5-9-20)23-22(25)18-12-14-19(15-13-18)24-29(26,27)21-10-6-3-7-11-21/h2-15,17,24H,16H2,1H3,(H,23,25)/t17-/m0/s1. The van der Waals surface area contributed by atoms with Crippen LogP contribution in [0.25, 0.3) is 0 Å². The van der Waals surface area contributed by atoms with Crippen molar-refractivity contribution >= 4 is 21.6 Å². The summed E-state index contributed by atoms with van der Waals surface area (Å²) in [4.78, 5) is 12.6. The van der Waals surface area contributed by atoms with Crippen molar-refractivity contribution in [3.63, 3.8) is 0 Å². The van der Waals surface area contributed by atoms with Gasteiger partial charge >= 0.3 is 0 Å². The van der Waals surface area contributed by atoms with Crippen LogP contribution in [0.15, 0.2) is 89.8 Å². The number of ether oxygens (including phenoxy) is 1. The molecule has 0 unspecified atom stereocenters. The number of amides is 1. The second-order valence-electron chi connectivity index (χ2n) is 6.49. The van der Waals surface area contributed by atoms with Gasteiger partial charge in [0, 0.05) is 11.3 Å². The third kappa shape index (κ3) is 5.83. The van der Waals surface area contributed by atoms with Crippen LogP contribution in [0.5, 0.6) is 5.75 Å². The van der Waals surface area contributed by atoms with Gasteiger partial charge in [-0.25, -0.2) is 8.42 Å². The summed E-state index contributed by atoms with van der Waals surface area (Å²) in [6.07, 6.45) is 0. The molecule has 0 saturated carbocycles. The molecule has 0 bridgehead atoms. The summed E-state index contributed by atoms with van der Waals surface area (Å²) < 4.78 is 32.8. The van der Waals surface area contributed by atoms with Crippen LogP contribution in [0.4, 0.5) is 5.69 Å². The molecule has 6 nitrogen and oxygen atoms in total. The lowest BCUT2D eigenvalue weighted by molar-refractivity contribution is 0.0926. The van der Waals surface area contributed by atoms with E-state index in [1.54, 1.807) is 42.5 Å². The van der Waals surface area contributed by atoms with E-state index in [0.29, 0.717) is 17.9 Å². The van der Waals surface area contributed by atoms with E-state index in [1.165, 1.54) is 12.1 Å². The van der Waals surface area contributed by atoms with E-state index in [4.69, 9.17) is 4.74 Å². The zero-order valence-electron chi connectivity index (χ0n) is 15.9. The number of nitrogens with one attached hydrogen (secondary N) is 2. The number of hydrogen-bond donors (Lipinski definition) is 2. The number of para-hydroxylation sites is 1. The van der Waals surface area contributed by atoms with Gasteiger partial charge in [-0.3, -0.25) is 9.52 Å². The van der Waals surface area contributed by atoms with Crippen molar-refractivity contribution in [2.24, 2.45) is 0 Å².